The van der Waals surface area contributed by atoms with Crippen LogP contribution in [0, 0.1) is 46.3 Å². The van der Waals surface area contributed by atoms with Crippen LogP contribution in [0.25, 0.3) is 0 Å². The van der Waals surface area contributed by atoms with Crippen molar-refractivity contribution >= 4 is 0 Å². The molecule has 0 unspecified atom stereocenters. The maximum absolute atomic E-state index is 7.15. The Kier molecular flexibility index (Phi) is 4.42. The summed E-state index contributed by atoms with van der Waals surface area (Å²) in [6.45, 7) is 10.9. The minimum absolute atomic E-state index is 0.106. The van der Waals surface area contributed by atoms with Crippen molar-refractivity contribution in [1.29, 1.82) is 0 Å². The smallest absolute Gasteiger partial charge is 0.171 e. The summed E-state index contributed by atoms with van der Waals surface area (Å²) < 4.78 is 13.4. The number of hydrogen-bond donors (Lipinski definition) is 1. The van der Waals surface area contributed by atoms with Gasteiger partial charge in [0.05, 0.1) is 12.7 Å². The molecule has 3 nitrogen and oxygen atoms in total. The number of ether oxygens (including phenoxy) is 2. The molecule has 0 aromatic carbocycles. The third-order valence-corrected chi connectivity index (χ3v) is 12.2. The summed E-state index contributed by atoms with van der Waals surface area (Å²) in [6, 6.07) is 0. The maximum atomic E-state index is 7.15. The van der Waals surface area contributed by atoms with Crippen LogP contribution in [-0.4, -0.2) is 24.0 Å². The Hall–Kier alpha value is -0.120. The van der Waals surface area contributed by atoms with Crippen LogP contribution in [0.15, 0.2) is 0 Å². The third kappa shape index (κ3) is 2.44. The Morgan fingerprint density at radius 3 is 2.43 bits per heavy atom. The number of rotatable bonds is 0. The van der Waals surface area contributed by atoms with Crippen molar-refractivity contribution in [3.05, 3.63) is 0 Å². The van der Waals surface area contributed by atoms with Gasteiger partial charge in [-0.1, -0.05) is 40.5 Å². The van der Waals surface area contributed by atoms with Crippen molar-refractivity contribution < 1.29 is 9.47 Å². The standard InChI is InChI=1S/C27H45NO2/c1-17-7-14-27(29-16-17)18(2)23-22(30-27)15-21-19-8-13-26(28)11-6-5-10-25(26,4)20(19)9-12-24(21,23)3/h17-23H,5-16,28H2,1-4H3/t17-,18-,19+,20-,21-,22-,23-,24-,25+,26+,27+/m0/s1. The predicted molar refractivity (Wildman–Crippen MR) is 120 cm³/mol. The first-order valence-corrected chi connectivity index (χ1v) is 13.3. The lowest BCUT2D eigenvalue weighted by molar-refractivity contribution is -0.273. The van der Waals surface area contributed by atoms with Gasteiger partial charge in [0.2, 0.25) is 0 Å². The van der Waals surface area contributed by atoms with Crippen molar-refractivity contribution in [2.45, 2.75) is 116 Å². The second-order valence-electron chi connectivity index (χ2n) is 13.2. The summed E-state index contributed by atoms with van der Waals surface area (Å²) >= 11 is 0. The first-order valence-electron chi connectivity index (χ1n) is 13.3. The van der Waals surface area contributed by atoms with Gasteiger partial charge in [-0.25, -0.2) is 0 Å². The SMILES string of the molecule is C[C@H]1CC[C@@]2(OC1)O[C@H]1C[C@H]3[C@@H]4CC[C@]5(N)CCCC[C@]5(C)[C@H]4CC[C@]3(C)[C@H]1[C@@H]2C. The van der Waals surface area contributed by atoms with Gasteiger partial charge in [0.25, 0.3) is 0 Å². The lowest BCUT2D eigenvalue weighted by atomic mass is 9.42. The highest BCUT2D eigenvalue weighted by Crippen LogP contribution is 2.71. The second-order valence-corrected chi connectivity index (χ2v) is 13.2. The molecule has 2 N–H and O–H groups in total. The van der Waals surface area contributed by atoms with E-state index < -0.39 is 0 Å². The third-order valence-electron chi connectivity index (χ3n) is 12.2. The largest absolute Gasteiger partial charge is 0.349 e. The summed E-state index contributed by atoms with van der Waals surface area (Å²) in [5.41, 5.74) is 8.06. The van der Waals surface area contributed by atoms with Crippen LogP contribution in [0.1, 0.15) is 98.3 Å². The van der Waals surface area contributed by atoms with E-state index in [4.69, 9.17) is 15.2 Å². The van der Waals surface area contributed by atoms with Gasteiger partial charge in [0.1, 0.15) is 0 Å². The van der Waals surface area contributed by atoms with Crippen molar-refractivity contribution in [1.82, 2.24) is 0 Å². The van der Waals surface area contributed by atoms with Crippen LogP contribution in [0.2, 0.25) is 0 Å². The minimum atomic E-state index is -0.277. The van der Waals surface area contributed by atoms with E-state index in [9.17, 15) is 0 Å². The molecule has 6 aliphatic rings. The number of fused-ring (bicyclic) bond motifs is 7. The molecule has 6 rings (SSSR count). The molecular weight excluding hydrogens is 370 g/mol. The van der Waals surface area contributed by atoms with E-state index in [1.54, 1.807) is 0 Å². The Labute approximate surface area is 184 Å². The molecule has 0 bridgehead atoms. The predicted octanol–water partition coefficient (Wildman–Crippen LogP) is 5.90. The van der Waals surface area contributed by atoms with E-state index in [0.717, 1.165) is 30.8 Å². The molecule has 2 aliphatic heterocycles. The van der Waals surface area contributed by atoms with Gasteiger partial charge in [-0.2, -0.15) is 0 Å². The van der Waals surface area contributed by atoms with Gasteiger partial charge in [-0.15, -0.1) is 0 Å². The zero-order valence-electron chi connectivity index (χ0n) is 19.9. The van der Waals surface area contributed by atoms with Gasteiger partial charge in [-0.3, -0.25) is 0 Å². The van der Waals surface area contributed by atoms with Crippen LogP contribution in [-0.2, 0) is 9.47 Å². The molecule has 2 heterocycles. The molecule has 1 spiro atoms. The number of hydrogen-bond acceptors (Lipinski definition) is 3. The van der Waals surface area contributed by atoms with Gasteiger partial charge < -0.3 is 15.2 Å². The highest BCUT2D eigenvalue weighted by Gasteiger charge is 2.70. The lowest BCUT2D eigenvalue weighted by Gasteiger charge is -2.64. The van der Waals surface area contributed by atoms with Crippen molar-refractivity contribution in [3.8, 4) is 0 Å². The van der Waals surface area contributed by atoms with E-state index in [2.05, 4.69) is 27.7 Å². The van der Waals surface area contributed by atoms with Crippen LogP contribution >= 0.6 is 0 Å². The van der Waals surface area contributed by atoms with Crippen molar-refractivity contribution in [3.63, 3.8) is 0 Å². The molecule has 11 atom stereocenters. The molecule has 170 valence electrons. The Morgan fingerprint density at radius 1 is 0.867 bits per heavy atom. The first kappa shape index (κ1) is 20.5. The summed E-state index contributed by atoms with van der Waals surface area (Å²) in [7, 11) is 0. The summed E-state index contributed by atoms with van der Waals surface area (Å²) in [6.07, 6.45) is 14.8. The fourth-order valence-corrected chi connectivity index (χ4v) is 10.4. The normalized spacial score (nSPS) is 62.5. The maximum Gasteiger partial charge on any atom is 0.171 e. The van der Waals surface area contributed by atoms with Crippen LogP contribution in [0.4, 0.5) is 0 Å². The molecular formula is C27H45NO2. The summed E-state index contributed by atoms with van der Waals surface area (Å²) in [5.74, 6) is 4.15. The van der Waals surface area contributed by atoms with Crippen molar-refractivity contribution in [2.24, 2.45) is 52.1 Å². The first-order chi connectivity index (χ1) is 14.2. The van der Waals surface area contributed by atoms with Crippen LogP contribution < -0.4 is 5.73 Å². The quantitative estimate of drug-likeness (QED) is 0.535. The highest BCUT2D eigenvalue weighted by molar-refractivity contribution is 5.18. The highest BCUT2D eigenvalue weighted by atomic mass is 16.7. The van der Waals surface area contributed by atoms with Gasteiger partial charge in [0, 0.05) is 17.9 Å². The molecule has 3 heteroatoms. The molecule has 4 aliphatic carbocycles. The molecule has 0 aromatic heterocycles. The summed E-state index contributed by atoms with van der Waals surface area (Å²) in [5, 5.41) is 0. The minimum Gasteiger partial charge on any atom is -0.349 e. The molecule has 0 amide bonds. The molecule has 4 saturated carbocycles. The zero-order chi connectivity index (χ0) is 20.9. The number of nitrogens with two attached hydrogens (primary N) is 1. The van der Waals surface area contributed by atoms with Crippen LogP contribution in [0.3, 0.4) is 0 Å². The second kappa shape index (κ2) is 6.48. The van der Waals surface area contributed by atoms with Gasteiger partial charge in [0.15, 0.2) is 5.79 Å². The monoisotopic (exact) mass is 415 g/mol. The van der Waals surface area contributed by atoms with E-state index in [0.29, 0.717) is 34.7 Å². The average molecular weight is 416 g/mol. The topological polar surface area (TPSA) is 44.5 Å². The van der Waals surface area contributed by atoms with Gasteiger partial charge >= 0.3 is 0 Å². The Bertz CT molecular complexity index is 701. The van der Waals surface area contributed by atoms with Gasteiger partial charge in [-0.05, 0) is 91.8 Å². The van der Waals surface area contributed by atoms with E-state index in [1.807, 2.05) is 0 Å². The average Bonchev–Trinajstić information content (AvgIpc) is 3.16. The van der Waals surface area contributed by atoms with E-state index in [1.165, 1.54) is 64.2 Å². The Balaban J connectivity index is 1.28. The molecule has 30 heavy (non-hydrogen) atoms. The fourth-order valence-electron chi connectivity index (χ4n) is 10.4. The van der Waals surface area contributed by atoms with Crippen molar-refractivity contribution in [2.75, 3.05) is 6.61 Å². The lowest BCUT2D eigenvalue weighted by Crippen LogP contribution is -2.65. The molecule has 6 fully saturated rings. The Morgan fingerprint density at radius 2 is 1.67 bits per heavy atom. The molecule has 2 saturated heterocycles. The molecule has 0 aromatic rings. The van der Waals surface area contributed by atoms with Crippen LogP contribution in [0.5, 0.6) is 0 Å². The summed E-state index contributed by atoms with van der Waals surface area (Å²) in [4.78, 5) is 0. The van der Waals surface area contributed by atoms with E-state index >= 15 is 0 Å². The molecule has 0 radical (unpaired) electrons. The zero-order valence-corrected chi connectivity index (χ0v) is 19.9. The fraction of sp³-hybridized carbons (Fsp3) is 1.00. The van der Waals surface area contributed by atoms with E-state index in [-0.39, 0.29) is 11.3 Å².